The molecule has 1 saturated heterocycles. The fraction of sp³-hybridized carbons (Fsp3) is 0.524. The van der Waals surface area contributed by atoms with Crippen LogP contribution in [-0.4, -0.2) is 74.1 Å². The third-order valence-corrected chi connectivity index (χ3v) is 5.02. The molecule has 0 spiro atoms. The van der Waals surface area contributed by atoms with Crippen LogP contribution >= 0.6 is 0 Å². The van der Waals surface area contributed by atoms with Crippen LogP contribution in [0.3, 0.4) is 0 Å². The van der Waals surface area contributed by atoms with E-state index in [1.807, 2.05) is 30.3 Å². The summed E-state index contributed by atoms with van der Waals surface area (Å²) in [6, 6.07) is 9.92. The van der Waals surface area contributed by atoms with Crippen LogP contribution in [0.15, 0.2) is 46.0 Å². The van der Waals surface area contributed by atoms with E-state index in [4.69, 9.17) is 4.42 Å². The molecule has 3 rings (SSSR count). The van der Waals surface area contributed by atoms with Crippen LogP contribution in [0.5, 0.6) is 0 Å². The maximum Gasteiger partial charge on any atom is 0.226 e. The van der Waals surface area contributed by atoms with Crippen LogP contribution < -0.4 is 10.6 Å². The van der Waals surface area contributed by atoms with Crippen LogP contribution in [0.2, 0.25) is 0 Å². The lowest BCUT2D eigenvalue weighted by Crippen LogP contribution is -2.44. The highest BCUT2D eigenvalue weighted by Crippen LogP contribution is 2.17. The summed E-state index contributed by atoms with van der Waals surface area (Å²) in [6.07, 6.45) is 4.03. The first-order valence-electron chi connectivity index (χ1n) is 10.1. The molecule has 152 valence electrons. The fourth-order valence-electron chi connectivity index (χ4n) is 3.24. The number of piperazine rings is 1. The summed E-state index contributed by atoms with van der Waals surface area (Å²) in [7, 11) is 3.99. The number of hydrogen-bond acceptors (Lipinski definition) is 5. The van der Waals surface area contributed by atoms with E-state index in [-0.39, 0.29) is 0 Å². The van der Waals surface area contributed by atoms with Crippen molar-refractivity contribution < 1.29 is 4.42 Å². The van der Waals surface area contributed by atoms with Crippen molar-refractivity contribution in [2.45, 2.75) is 19.4 Å². The first-order valence-corrected chi connectivity index (χ1v) is 10.1. The van der Waals surface area contributed by atoms with Gasteiger partial charge in [-0.3, -0.25) is 4.99 Å². The van der Waals surface area contributed by atoms with Crippen molar-refractivity contribution in [1.29, 1.82) is 0 Å². The minimum absolute atomic E-state index is 0.581. The highest BCUT2D eigenvalue weighted by Gasteiger charge is 2.12. The van der Waals surface area contributed by atoms with E-state index in [2.05, 4.69) is 37.5 Å². The number of unbranched alkanes of at least 4 members (excludes halogenated alkanes) is 1. The van der Waals surface area contributed by atoms with Crippen LogP contribution in [0.1, 0.15) is 18.5 Å². The zero-order valence-corrected chi connectivity index (χ0v) is 17.0. The number of nitrogens with one attached hydrogen (secondary N) is 2. The summed E-state index contributed by atoms with van der Waals surface area (Å²) >= 11 is 0. The molecular formula is C21H32N6O. The van der Waals surface area contributed by atoms with Crippen LogP contribution in [0, 0.1) is 0 Å². The van der Waals surface area contributed by atoms with Crippen molar-refractivity contribution in [2.75, 3.05) is 53.4 Å². The van der Waals surface area contributed by atoms with Crippen molar-refractivity contribution in [2.24, 2.45) is 4.99 Å². The standard InChI is InChI=1S/C21H32N6O/c1-22-21(23-10-6-7-11-27-14-12-26(2)13-15-27)24-16-19-17-28-20(25-19)18-8-4-3-5-9-18/h3-5,8-9,17H,6-7,10-16H2,1-2H3,(H2,22,23,24). The number of oxazole rings is 1. The quantitative estimate of drug-likeness (QED) is 0.412. The molecule has 0 radical (unpaired) electrons. The molecule has 0 atom stereocenters. The van der Waals surface area contributed by atoms with Crippen LogP contribution in [0.4, 0.5) is 0 Å². The van der Waals surface area contributed by atoms with Gasteiger partial charge in [0.2, 0.25) is 5.89 Å². The third kappa shape index (κ3) is 6.35. The Hall–Kier alpha value is -2.38. The maximum absolute atomic E-state index is 5.57. The van der Waals surface area contributed by atoms with E-state index in [0.29, 0.717) is 12.4 Å². The lowest BCUT2D eigenvalue weighted by Gasteiger charge is -2.32. The Balaban J connectivity index is 1.32. The Morgan fingerprint density at radius 2 is 1.89 bits per heavy atom. The van der Waals surface area contributed by atoms with Gasteiger partial charge in [0, 0.05) is 45.3 Å². The van der Waals surface area contributed by atoms with Gasteiger partial charge in [-0.25, -0.2) is 4.98 Å². The van der Waals surface area contributed by atoms with Crippen molar-refractivity contribution in [3.63, 3.8) is 0 Å². The summed E-state index contributed by atoms with van der Waals surface area (Å²) in [5.74, 6) is 1.44. The molecule has 2 aromatic rings. The fourth-order valence-corrected chi connectivity index (χ4v) is 3.24. The molecule has 2 N–H and O–H groups in total. The van der Waals surface area contributed by atoms with Gasteiger partial charge < -0.3 is 24.9 Å². The number of likely N-dealkylation sites (N-methyl/N-ethyl adjacent to an activating group) is 1. The molecule has 0 unspecified atom stereocenters. The first kappa shape index (κ1) is 20.4. The van der Waals surface area contributed by atoms with Crippen molar-refractivity contribution in [3.05, 3.63) is 42.3 Å². The molecule has 1 fully saturated rings. The van der Waals surface area contributed by atoms with Gasteiger partial charge in [0.1, 0.15) is 6.26 Å². The van der Waals surface area contributed by atoms with Crippen molar-refractivity contribution >= 4 is 5.96 Å². The Kier molecular flexibility index (Phi) is 7.87. The number of aliphatic imine (C=N–C) groups is 1. The van der Waals surface area contributed by atoms with Gasteiger partial charge in [-0.15, -0.1) is 0 Å². The van der Waals surface area contributed by atoms with Gasteiger partial charge in [-0.2, -0.15) is 0 Å². The largest absolute Gasteiger partial charge is 0.444 e. The van der Waals surface area contributed by atoms with Gasteiger partial charge in [-0.1, -0.05) is 18.2 Å². The molecule has 7 heteroatoms. The Morgan fingerprint density at radius 1 is 1.11 bits per heavy atom. The minimum atomic E-state index is 0.581. The van der Waals surface area contributed by atoms with Gasteiger partial charge in [0.15, 0.2) is 5.96 Å². The number of nitrogens with zero attached hydrogens (tertiary/aromatic N) is 4. The number of aromatic nitrogens is 1. The molecular weight excluding hydrogens is 352 g/mol. The Morgan fingerprint density at radius 3 is 2.64 bits per heavy atom. The second-order valence-corrected chi connectivity index (χ2v) is 7.21. The highest BCUT2D eigenvalue weighted by molar-refractivity contribution is 5.79. The summed E-state index contributed by atoms with van der Waals surface area (Å²) < 4.78 is 5.57. The lowest BCUT2D eigenvalue weighted by molar-refractivity contribution is 0.152. The van der Waals surface area contributed by atoms with E-state index < -0.39 is 0 Å². The molecule has 1 aromatic carbocycles. The smallest absolute Gasteiger partial charge is 0.226 e. The van der Waals surface area contributed by atoms with Crippen molar-refractivity contribution in [1.82, 2.24) is 25.4 Å². The second-order valence-electron chi connectivity index (χ2n) is 7.21. The lowest BCUT2D eigenvalue weighted by atomic mass is 10.2. The molecule has 1 aliphatic rings. The number of guanidine groups is 1. The normalized spacial score (nSPS) is 16.3. The monoisotopic (exact) mass is 384 g/mol. The Bertz CT molecular complexity index is 722. The van der Waals surface area contributed by atoms with Gasteiger partial charge in [0.25, 0.3) is 0 Å². The summed E-state index contributed by atoms with van der Waals surface area (Å²) in [4.78, 5) is 13.8. The molecule has 1 aliphatic heterocycles. The number of hydrogen-bond donors (Lipinski definition) is 2. The SMILES string of the molecule is CN=C(NCCCCN1CCN(C)CC1)NCc1coc(-c2ccccc2)n1. The van der Waals surface area contributed by atoms with Gasteiger partial charge in [-0.05, 0) is 38.6 Å². The second kappa shape index (κ2) is 10.8. The van der Waals surface area contributed by atoms with E-state index >= 15 is 0 Å². The molecule has 2 heterocycles. The van der Waals surface area contributed by atoms with Gasteiger partial charge in [0.05, 0.1) is 12.2 Å². The van der Waals surface area contributed by atoms with Crippen LogP contribution in [0.25, 0.3) is 11.5 Å². The molecule has 0 amide bonds. The third-order valence-electron chi connectivity index (χ3n) is 5.02. The molecule has 28 heavy (non-hydrogen) atoms. The topological polar surface area (TPSA) is 68.9 Å². The molecule has 7 nitrogen and oxygen atoms in total. The molecule has 0 aliphatic carbocycles. The average molecular weight is 385 g/mol. The summed E-state index contributed by atoms with van der Waals surface area (Å²) in [5.41, 5.74) is 1.84. The molecule has 0 bridgehead atoms. The molecule has 0 saturated carbocycles. The predicted octanol–water partition coefficient (Wildman–Crippen LogP) is 2.03. The summed E-state index contributed by atoms with van der Waals surface area (Å²) in [6.45, 7) is 7.43. The minimum Gasteiger partial charge on any atom is -0.444 e. The first-order chi connectivity index (χ1) is 13.7. The van der Waals surface area contributed by atoms with Crippen LogP contribution in [-0.2, 0) is 6.54 Å². The zero-order chi connectivity index (χ0) is 19.6. The summed E-state index contributed by atoms with van der Waals surface area (Å²) in [5, 5.41) is 6.67. The van der Waals surface area contributed by atoms with E-state index in [0.717, 1.165) is 30.2 Å². The zero-order valence-electron chi connectivity index (χ0n) is 17.0. The van der Waals surface area contributed by atoms with Gasteiger partial charge >= 0.3 is 0 Å². The highest BCUT2D eigenvalue weighted by atomic mass is 16.3. The van der Waals surface area contributed by atoms with Crippen molar-refractivity contribution in [3.8, 4) is 11.5 Å². The number of rotatable bonds is 8. The Labute approximate surface area is 167 Å². The number of benzene rings is 1. The maximum atomic E-state index is 5.57. The average Bonchev–Trinajstić information content (AvgIpc) is 3.21. The molecule has 1 aromatic heterocycles. The van der Waals surface area contributed by atoms with E-state index in [9.17, 15) is 0 Å². The van der Waals surface area contributed by atoms with E-state index in [1.165, 1.54) is 39.1 Å². The predicted molar refractivity (Wildman–Crippen MR) is 113 cm³/mol. The van der Waals surface area contributed by atoms with E-state index in [1.54, 1.807) is 13.3 Å².